The summed E-state index contributed by atoms with van der Waals surface area (Å²) < 4.78 is 0. The summed E-state index contributed by atoms with van der Waals surface area (Å²) in [4.78, 5) is 33.6. The van der Waals surface area contributed by atoms with E-state index in [4.69, 9.17) is 4.98 Å². The smallest absolute Gasteiger partial charge is 0.226 e. The first-order chi connectivity index (χ1) is 15.4. The van der Waals surface area contributed by atoms with Crippen LogP contribution in [0.15, 0.2) is 0 Å². The number of fused-ring (bicyclic) bond motifs is 2. The molecule has 2 aliphatic carbocycles. The van der Waals surface area contributed by atoms with Crippen LogP contribution in [0.5, 0.6) is 0 Å². The van der Waals surface area contributed by atoms with Crippen molar-refractivity contribution in [2.75, 3.05) is 18.4 Å². The molecule has 0 radical (unpaired) electrons. The molecule has 0 aromatic carbocycles. The zero-order chi connectivity index (χ0) is 24.1. The molecule has 1 aliphatic heterocycles. The minimum absolute atomic E-state index is 0.000716. The topological polar surface area (TPSA) is 82.5 Å². The molecule has 0 spiro atoms. The van der Waals surface area contributed by atoms with E-state index in [0.29, 0.717) is 11.6 Å². The zero-order valence-electron chi connectivity index (χ0n) is 21.1. The molecule has 1 saturated carbocycles. The van der Waals surface area contributed by atoms with E-state index in [1.54, 1.807) is 11.3 Å². The van der Waals surface area contributed by atoms with E-state index < -0.39 is 6.10 Å². The van der Waals surface area contributed by atoms with Crippen LogP contribution in [-0.2, 0) is 16.0 Å². The first kappa shape index (κ1) is 24.6. The third-order valence-corrected chi connectivity index (χ3v) is 9.30. The Labute approximate surface area is 202 Å². The van der Waals surface area contributed by atoms with E-state index in [2.05, 4.69) is 39.9 Å². The lowest BCUT2D eigenvalue weighted by Crippen LogP contribution is -2.53. The van der Waals surface area contributed by atoms with E-state index >= 15 is 0 Å². The van der Waals surface area contributed by atoms with Crippen molar-refractivity contribution in [3.63, 3.8) is 0 Å². The van der Waals surface area contributed by atoms with Gasteiger partial charge in [0.2, 0.25) is 11.8 Å². The number of anilines is 1. The van der Waals surface area contributed by atoms with E-state index in [1.165, 1.54) is 4.88 Å². The van der Waals surface area contributed by atoms with Gasteiger partial charge < -0.3 is 15.3 Å². The molecule has 2 fully saturated rings. The molecule has 33 heavy (non-hydrogen) atoms. The van der Waals surface area contributed by atoms with Gasteiger partial charge in [-0.3, -0.25) is 9.59 Å². The minimum atomic E-state index is -0.519. The summed E-state index contributed by atoms with van der Waals surface area (Å²) in [5.74, 6) is 0.206. The molecule has 184 valence electrons. The van der Waals surface area contributed by atoms with E-state index in [0.717, 1.165) is 50.9 Å². The number of hydrogen-bond acceptors (Lipinski definition) is 5. The molecule has 1 aromatic heterocycles. The first-order valence-electron chi connectivity index (χ1n) is 12.7. The van der Waals surface area contributed by atoms with Gasteiger partial charge in [0.05, 0.1) is 11.8 Å². The standard InChI is InChI=1S/C26H41N3O3S/c1-15(23(32)29-11-7-8-12-29)17-9-10-26(6)13-18-21(16(2)20(26)22(17)31)28-24(33-18)27-19(30)14-25(3,4)5/h15-17,20,22,31H,7-14H2,1-6H3,(H,27,28,30)/t15-,16-,17-,20+,22-,26+/m0/s1. The third kappa shape index (κ3) is 4.86. The molecule has 1 aromatic rings. The molecule has 3 aliphatic rings. The van der Waals surface area contributed by atoms with Gasteiger partial charge >= 0.3 is 0 Å². The van der Waals surface area contributed by atoms with E-state index in [9.17, 15) is 14.7 Å². The van der Waals surface area contributed by atoms with Crippen LogP contribution in [0.25, 0.3) is 0 Å². The Morgan fingerprint density at radius 2 is 1.97 bits per heavy atom. The Bertz CT molecular complexity index is 901. The molecule has 2 amide bonds. The lowest BCUT2D eigenvalue weighted by Gasteiger charge is -2.53. The molecule has 6 atom stereocenters. The molecular formula is C26H41N3O3S. The van der Waals surface area contributed by atoms with E-state index in [-0.39, 0.29) is 46.3 Å². The number of aliphatic hydroxyl groups excluding tert-OH is 1. The van der Waals surface area contributed by atoms with Crippen LogP contribution < -0.4 is 5.32 Å². The number of thiazole rings is 1. The lowest BCUT2D eigenvalue weighted by molar-refractivity contribution is -0.143. The van der Waals surface area contributed by atoms with Gasteiger partial charge in [0, 0.05) is 36.2 Å². The summed E-state index contributed by atoms with van der Waals surface area (Å²) in [6.07, 6.45) is 4.87. The quantitative estimate of drug-likeness (QED) is 0.653. The first-order valence-corrected chi connectivity index (χ1v) is 13.5. The number of rotatable bonds is 4. The number of likely N-dealkylation sites (tertiary alicyclic amines) is 1. The van der Waals surface area contributed by atoms with Crippen LogP contribution in [0.1, 0.15) is 90.1 Å². The summed E-state index contributed by atoms with van der Waals surface area (Å²) in [6.45, 7) is 14.4. The monoisotopic (exact) mass is 475 g/mol. The van der Waals surface area contributed by atoms with Crippen LogP contribution in [0, 0.1) is 28.6 Å². The second-order valence-corrected chi connectivity index (χ2v) is 13.4. The highest BCUT2D eigenvalue weighted by atomic mass is 32.1. The average molecular weight is 476 g/mol. The van der Waals surface area contributed by atoms with Crippen molar-refractivity contribution >= 4 is 28.3 Å². The molecule has 2 heterocycles. The molecule has 0 bridgehead atoms. The second-order valence-electron chi connectivity index (χ2n) is 12.3. The average Bonchev–Trinajstić information content (AvgIpc) is 3.35. The van der Waals surface area contributed by atoms with Gasteiger partial charge in [0.15, 0.2) is 5.13 Å². The maximum absolute atomic E-state index is 13.1. The van der Waals surface area contributed by atoms with Crippen LogP contribution >= 0.6 is 11.3 Å². The molecule has 2 N–H and O–H groups in total. The highest BCUT2D eigenvalue weighted by molar-refractivity contribution is 7.15. The fourth-order valence-electron chi connectivity index (χ4n) is 6.65. The van der Waals surface area contributed by atoms with Crippen LogP contribution in [-0.4, -0.2) is 46.0 Å². The normalized spacial score (nSPS) is 32.8. The van der Waals surface area contributed by atoms with Gasteiger partial charge in [-0.1, -0.05) is 41.5 Å². The Morgan fingerprint density at radius 1 is 1.30 bits per heavy atom. The maximum Gasteiger partial charge on any atom is 0.226 e. The number of aromatic nitrogens is 1. The molecule has 6 nitrogen and oxygen atoms in total. The van der Waals surface area contributed by atoms with Crippen molar-refractivity contribution in [1.29, 1.82) is 0 Å². The molecule has 0 unspecified atom stereocenters. The fourth-order valence-corrected chi connectivity index (χ4v) is 7.93. The number of hydrogen-bond donors (Lipinski definition) is 2. The number of nitrogens with one attached hydrogen (secondary N) is 1. The fraction of sp³-hybridized carbons (Fsp3) is 0.808. The van der Waals surface area contributed by atoms with Crippen molar-refractivity contribution in [3.05, 3.63) is 10.6 Å². The van der Waals surface area contributed by atoms with Crippen LogP contribution in [0.4, 0.5) is 5.13 Å². The van der Waals surface area contributed by atoms with Gasteiger partial charge in [-0.15, -0.1) is 11.3 Å². The van der Waals surface area contributed by atoms with Crippen molar-refractivity contribution in [2.24, 2.45) is 28.6 Å². The predicted molar refractivity (Wildman–Crippen MR) is 132 cm³/mol. The van der Waals surface area contributed by atoms with Gasteiger partial charge in [-0.05, 0) is 54.8 Å². The predicted octanol–water partition coefficient (Wildman–Crippen LogP) is 4.83. The zero-order valence-corrected chi connectivity index (χ0v) is 21.9. The summed E-state index contributed by atoms with van der Waals surface area (Å²) >= 11 is 1.59. The van der Waals surface area contributed by atoms with Gasteiger partial charge in [-0.2, -0.15) is 0 Å². The van der Waals surface area contributed by atoms with Crippen molar-refractivity contribution < 1.29 is 14.7 Å². The number of aliphatic hydroxyl groups is 1. The summed E-state index contributed by atoms with van der Waals surface area (Å²) in [6, 6.07) is 0. The Balaban J connectivity index is 1.52. The van der Waals surface area contributed by atoms with Gasteiger partial charge in [0.1, 0.15) is 0 Å². The molecular weight excluding hydrogens is 434 g/mol. The molecule has 1 saturated heterocycles. The van der Waals surface area contributed by atoms with Gasteiger partial charge in [-0.25, -0.2) is 4.98 Å². The SMILES string of the molecule is C[C@H](C(=O)N1CCCC1)[C@@H]1CC[C@]2(C)Cc3sc(NC(=O)CC(C)(C)C)nc3[C@@H](C)[C@@H]2[C@H]1O. The van der Waals surface area contributed by atoms with Crippen molar-refractivity contribution in [1.82, 2.24) is 9.88 Å². The Kier molecular flexibility index (Phi) is 6.69. The minimum Gasteiger partial charge on any atom is -0.392 e. The number of amides is 2. The van der Waals surface area contributed by atoms with Gasteiger partial charge in [0.25, 0.3) is 0 Å². The van der Waals surface area contributed by atoms with E-state index in [1.807, 2.05) is 11.8 Å². The Hall–Kier alpha value is -1.47. The number of carbonyl (C=O) groups is 2. The van der Waals surface area contributed by atoms with Crippen molar-refractivity contribution in [2.45, 2.75) is 92.1 Å². The highest BCUT2D eigenvalue weighted by Gasteiger charge is 2.54. The van der Waals surface area contributed by atoms with Crippen LogP contribution in [0.2, 0.25) is 0 Å². The third-order valence-electron chi connectivity index (χ3n) is 8.31. The molecule has 7 heteroatoms. The number of carbonyl (C=O) groups excluding carboxylic acids is 2. The summed E-state index contributed by atoms with van der Waals surface area (Å²) in [5, 5.41) is 15.3. The summed E-state index contributed by atoms with van der Waals surface area (Å²) in [7, 11) is 0. The second kappa shape index (κ2) is 8.95. The maximum atomic E-state index is 13.1. The number of nitrogens with zero attached hydrogens (tertiary/aromatic N) is 2. The molecule has 4 rings (SSSR count). The highest BCUT2D eigenvalue weighted by Crippen LogP contribution is 2.57. The lowest BCUT2D eigenvalue weighted by atomic mass is 9.53. The van der Waals surface area contributed by atoms with Crippen molar-refractivity contribution in [3.8, 4) is 0 Å². The van der Waals surface area contributed by atoms with Crippen LogP contribution in [0.3, 0.4) is 0 Å². The Morgan fingerprint density at radius 3 is 2.61 bits per heavy atom. The summed E-state index contributed by atoms with van der Waals surface area (Å²) in [5.41, 5.74) is 0.934. The largest absolute Gasteiger partial charge is 0.392 e.